The van der Waals surface area contributed by atoms with Crippen molar-refractivity contribution in [2.75, 3.05) is 19.0 Å². The normalized spacial score (nSPS) is 23.8. The van der Waals surface area contributed by atoms with E-state index in [2.05, 4.69) is 5.32 Å². The van der Waals surface area contributed by atoms with Crippen LogP contribution in [0.2, 0.25) is 0 Å². The van der Waals surface area contributed by atoms with E-state index in [1.54, 1.807) is 30.8 Å². The molecule has 1 amide bonds. The van der Waals surface area contributed by atoms with Crippen LogP contribution in [-0.4, -0.2) is 30.1 Å². The van der Waals surface area contributed by atoms with Crippen molar-refractivity contribution in [3.05, 3.63) is 70.3 Å². The summed E-state index contributed by atoms with van der Waals surface area (Å²) in [4.78, 5) is 13.1. The fourth-order valence-electron chi connectivity index (χ4n) is 3.45. The standard InChI is InChI=1S/C21H24ClN2O3PS/c1-3-27-28(2,26)20(17-13-29-19-9-8-15(22)12-16(17)19)21(25)24-11-10-14-6-4-5-7-18(14)23/h4-13,16,19-20H,3,23H2,1-2H3,(H,24,25)/b11-10+. The first kappa shape index (κ1) is 22.0. The molecule has 1 aromatic rings. The molecule has 1 aliphatic carbocycles. The Morgan fingerprint density at radius 3 is 2.93 bits per heavy atom. The molecule has 154 valence electrons. The van der Waals surface area contributed by atoms with Crippen LogP contribution in [0.15, 0.2) is 64.7 Å². The van der Waals surface area contributed by atoms with Crippen molar-refractivity contribution in [3.63, 3.8) is 0 Å². The first-order valence-electron chi connectivity index (χ1n) is 9.27. The highest BCUT2D eigenvalue weighted by atomic mass is 35.5. The third-order valence-electron chi connectivity index (χ3n) is 4.79. The zero-order valence-corrected chi connectivity index (χ0v) is 18.7. The highest BCUT2D eigenvalue weighted by molar-refractivity contribution is 8.03. The Hall–Kier alpha value is -1.72. The molecule has 5 nitrogen and oxygen atoms in total. The summed E-state index contributed by atoms with van der Waals surface area (Å²) in [6.45, 7) is 3.55. The maximum absolute atomic E-state index is 13.3. The Morgan fingerprint density at radius 1 is 1.45 bits per heavy atom. The van der Waals surface area contributed by atoms with Gasteiger partial charge in [-0.15, -0.1) is 11.8 Å². The van der Waals surface area contributed by atoms with E-state index in [0.717, 1.165) is 11.1 Å². The van der Waals surface area contributed by atoms with Crippen molar-refractivity contribution in [2.24, 2.45) is 5.92 Å². The number of amides is 1. The summed E-state index contributed by atoms with van der Waals surface area (Å²) in [6, 6.07) is 7.34. The summed E-state index contributed by atoms with van der Waals surface area (Å²) in [5.41, 5.74) is 7.20. The molecule has 0 saturated carbocycles. The molecule has 1 aromatic carbocycles. The number of fused-ring (bicyclic) bond motifs is 1. The van der Waals surface area contributed by atoms with Gasteiger partial charge in [0.2, 0.25) is 13.3 Å². The number of thioether (sulfide) groups is 1. The minimum absolute atomic E-state index is 0.0873. The van der Waals surface area contributed by atoms with Gasteiger partial charge in [-0.05, 0) is 41.7 Å². The van der Waals surface area contributed by atoms with Gasteiger partial charge < -0.3 is 15.6 Å². The zero-order valence-electron chi connectivity index (χ0n) is 16.2. The van der Waals surface area contributed by atoms with E-state index in [-0.39, 0.29) is 23.7 Å². The highest BCUT2D eigenvalue weighted by Gasteiger charge is 2.44. The van der Waals surface area contributed by atoms with Crippen molar-refractivity contribution >= 4 is 48.4 Å². The van der Waals surface area contributed by atoms with Crippen molar-refractivity contribution < 1.29 is 13.9 Å². The lowest BCUT2D eigenvalue weighted by atomic mass is 9.90. The summed E-state index contributed by atoms with van der Waals surface area (Å²) in [5.74, 6) is -0.461. The van der Waals surface area contributed by atoms with Crippen molar-refractivity contribution in [1.29, 1.82) is 0 Å². The molecule has 0 radical (unpaired) electrons. The van der Waals surface area contributed by atoms with E-state index in [0.29, 0.717) is 10.7 Å². The third-order valence-corrected chi connectivity index (χ3v) is 8.45. The van der Waals surface area contributed by atoms with Crippen molar-refractivity contribution in [1.82, 2.24) is 5.32 Å². The van der Waals surface area contributed by atoms with E-state index < -0.39 is 13.0 Å². The lowest BCUT2D eigenvalue weighted by Gasteiger charge is -2.28. The third kappa shape index (κ3) is 5.07. The number of nitrogens with one attached hydrogen (secondary N) is 1. The number of halogens is 1. The number of anilines is 1. The van der Waals surface area contributed by atoms with Crippen LogP contribution in [0.1, 0.15) is 12.5 Å². The second-order valence-corrected chi connectivity index (χ2v) is 10.9. The molecule has 4 atom stereocenters. The largest absolute Gasteiger partial charge is 0.398 e. The van der Waals surface area contributed by atoms with E-state index in [9.17, 15) is 9.36 Å². The van der Waals surface area contributed by atoms with Crippen LogP contribution < -0.4 is 11.1 Å². The van der Waals surface area contributed by atoms with Gasteiger partial charge >= 0.3 is 0 Å². The Labute approximate surface area is 180 Å². The molecule has 1 aliphatic heterocycles. The van der Waals surface area contributed by atoms with Crippen molar-refractivity contribution in [2.45, 2.75) is 17.8 Å². The quantitative estimate of drug-likeness (QED) is 0.452. The number of benzene rings is 1. The molecule has 3 N–H and O–H groups in total. The van der Waals surface area contributed by atoms with Crippen LogP contribution in [0.25, 0.3) is 6.08 Å². The molecule has 0 saturated heterocycles. The smallest absolute Gasteiger partial charge is 0.240 e. The minimum atomic E-state index is -3.26. The number of carbonyl (C=O) groups is 1. The zero-order chi connectivity index (χ0) is 21.0. The van der Waals surface area contributed by atoms with Gasteiger partial charge in [0, 0.05) is 34.8 Å². The second-order valence-electron chi connectivity index (χ2n) is 6.85. The number of allylic oxidation sites excluding steroid dienone is 3. The summed E-state index contributed by atoms with van der Waals surface area (Å²) >= 11 is 7.78. The molecular weight excluding hydrogens is 427 g/mol. The molecular formula is C21H24ClN2O3PS. The Morgan fingerprint density at radius 2 is 2.21 bits per heavy atom. The van der Waals surface area contributed by atoms with E-state index in [1.807, 2.05) is 41.8 Å². The highest BCUT2D eigenvalue weighted by Crippen LogP contribution is 2.56. The van der Waals surface area contributed by atoms with Crippen LogP contribution in [-0.2, 0) is 13.9 Å². The van der Waals surface area contributed by atoms with Gasteiger partial charge in [0.05, 0.1) is 6.61 Å². The number of nitrogen functional groups attached to an aromatic ring is 1. The van der Waals surface area contributed by atoms with E-state index >= 15 is 0 Å². The van der Waals surface area contributed by atoms with Gasteiger partial charge in [0.15, 0.2) is 0 Å². The predicted octanol–water partition coefficient (Wildman–Crippen LogP) is 4.98. The second kappa shape index (κ2) is 9.40. The number of hydrogen-bond donors (Lipinski definition) is 2. The molecule has 0 aromatic heterocycles. The van der Waals surface area contributed by atoms with Crippen LogP contribution in [0.4, 0.5) is 5.69 Å². The molecule has 0 spiro atoms. The first-order chi connectivity index (χ1) is 13.8. The van der Waals surface area contributed by atoms with E-state index in [1.165, 1.54) is 12.9 Å². The van der Waals surface area contributed by atoms with Gasteiger partial charge in [0.1, 0.15) is 5.66 Å². The molecule has 2 aliphatic rings. The molecule has 29 heavy (non-hydrogen) atoms. The maximum Gasteiger partial charge on any atom is 0.240 e. The molecule has 0 fully saturated rings. The fraction of sp³-hybridized carbons (Fsp3) is 0.286. The monoisotopic (exact) mass is 450 g/mol. The summed E-state index contributed by atoms with van der Waals surface area (Å²) in [5, 5.41) is 5.43. The number of carbonyl (C=O) groups excluding carboxylic acids is 1. The van der Waals surface area contributed by atoms with Gasteiger partial charge in [0.25, 0.3) is 0 Å². The Balaban J connectivity index is 1.85. The first-order valence-corrected chi connectivity index (χ1v) is 12.7. The SMILES string of the molecule is CCOP(C)(=O)C(C(=O)N/C=C/c1ccccc1N)C1=CSC2C=CC(Cl)=CC12. The molecule has 0 bridgehead atoms. The molecule has 1 heterocycles. The van der Waals surface area contributed by atoms with Gasteiger partial charge in [-0.25, -0.2) is 0 Å². The summed E-state index contributed by atoms with van der Waals surface area (Å²) in [6.07, 6.45) is 9.01. The number of hydrogen-bond acceptors (Lipinski definition) is 5. The van der Waals surface area contributed by atoms with Gasteiger partial charge in [-0.2, -0.15) is 0 Å². The molecule has 4 unspecified atom stereocenters. The van der Waals surface area contributed by atoms with Gasteiger partial charge in [-0.1, -0.05) is 42.0 Å². The number of rotatable bonds is 7. The molecule has 3 rings (SSSR count). The van der Waals surface area contributed by atoms with Crippen LogP contribution in [0, 0.1) is 5.92 Å². The van der Waals surface area contributed by atoms with Crippen molar-refractivity contribution in [3.8, 4) is 0 Å². The van der Waals surface area contributed by atoms with E-state index in [4.69, 9.17) is 21.9 Å². The fourth-order valence-corrected chi connectivity index (χ4v) is 6.89. The average Bonchev–Trinajstić information content (AvgIpc) is 3.06. The lowest BCUT2D eigenvalue weighted by molar-refractivity contribution is -0.119. The minimum Gasteiger partial charge on any atom is -0.398 e. The van der Waals surface area contributed by atoms with Gasteiger partial charge in [-0.3, -0.25) is 9.36 Å². The molecule has 8 heteroatoms. The average molecular weight is 451 g/mol. The summed E-state index contributed by atoms with van der Waals surface area (Å²) in [7, 11) is -3.26. The Bertz CT molecular complexity index is 957. The number of nitrogens with two attached hydrogens (primary N) is 1. The Kier molecular flexibility index (Phi) is 7.12. The van der Waals surface area contributed by atoms with Crippen LogP contribution in [0.5, 0.6) is 0 Å². The topological polar surface area (TPSA) is 81.4 Å². The predicted molar refractivity (Wildman–Crippen MR) is 123 cm³/mol. The van der Waals surface area contributed by atoms with Crippen LogP contribution in [0.3, 0.4) is 0 Å². The van der Waals surface area contributed by atoms with Crippen LogP contribution >= 0.6 is 30.7 Å². The number of para-hydroxylation sites is 1. The lowest BCUT2D eigenvalue weighted by Crippen LogP contribution is -2.35. The maximum atomic E-state index is 13.3. The summed E-state index contributed by atoms with van der Waals surface area (Å²) < 4.78 is 18.9.